The van der Waals surface area contributed by atoms with Crippen molar-refractivity contribution >= 4 is 11.7 Å². The highest BCUT2D eigenvalue weighted by molar-refractivity contribution is 5.93. The molecule has 0 unspecified atom stereocenters. The highest BCUT2D eigenvalue weighted by Crippen LogP contribution is 2.17. The number of nitrogens with one attached hydrogen (secondary N) is 1. The number of likely N-dealkylation sites (N-methyl/N-ethyl adjacent to an activating group) is 1. The second-order valence-electron chi connectivity index (χ2n) is 6.83. The van der Waals surface area contributed by atoms with Gasteiger partial charge in [0, 0.05) is 25.7 Å². The third-order valence-electron chi connectivity index (χ3n) is 4.60. The molecule has 0 aromatic carbocycles. The standard InChI is InChI=1S/C17H31N5O2/c1-6-13(2)22-16(7-8-18-22)19-17(23)14(3)21-9-10-24-15(12-21)11-20(4)5/h7-8,13-15H,6,9-12H2,1-5H3,(H,19,23)/t13-,14-,15-/m0/s1. The summed E-state index contributed by atoms with van der Waals surface area (Å²) in [5, 5.41) is 7.35. The highest BCUT2D eigenvalue weighted by atomic mass is 16.5. The first-order chi connectivity index (χ1) is 11.4. The number of hydrogen-bond acceptors (Lipinski definition) is 5. The summed E-state index contributed by atoms with van der Waals surface area (Å²) in [6, 6.07) is 1.92. The molecular weight excluding hydrogens is 306 g/mol. The molecule has 136 valence electrons. The molecule has 2 heterocycles. The monoisotopic (exact) mass is 337 g/mol. The van der Waals surface area contributed by atoms with Crippen molar-refractivity contribution < 1.29 is 9.53 Å². The van der Waals surface area contributed by atoms with E-state index in [4.69, 9.17) is 4.74 Å². The van der Waals surface area contributed by atoms with Gasteiger partial charge >= 0.3 is 0 Å². The average Bonchev–Trinajstić information content (AvgIpc) is 3.01. The van der Waals surface area contributed by atoms with Crippen molar-refractivity contribution in [3.8, 4) is 0 Å². The normalized spacial score (nSPS) is 21.7. The fourth-order valence-corrected chi connectivity index (χ4v) is 2.95. The lowest BCUT2D eigenvalue weighted by atomic mass is 10.2. The van der Waals surface area contributed by atoms with E-state index in [9.17, 15) is 4.79 Å². The van der Waals surface area contributed by atoms with Gasteiger partial charge in [0.15, 0.2) is 0 Å². The number of carbonyl (C=O) groups is 1. The lowest BCUT2D eigenvalue weighted by molar-refractivity contribution is -0.124. The van der Waals surface area contributed by atoms with Crippen molar-refractivity contribution in [2.45, 2.75) is 45.4 Å². The Morgan fingerprint density at radius 1 is 1.50 bits per heavy atom. The Bertz CT molecular complexity index is 531. The van der Waals surface area contributed by atoms with E-state index in [1.54, 1.807) is 6.20 Å². The Kier molecular flexibility index (Phi) is 6.77. The molecule has 24 heavy (non-hydrogen) atoms. The third-order valence-corrected chi connectivity index (χ3v) is 4.60. The Balaban J connectivity index is 1.96. The summed E-state index contributed by atoms with van der Waals surface area (Å²) in [4.78, 5) is 17.0. The van der Waals surface area contributed by atoms with Crippen LogP contribution in [-0.4, -0.2) is 78.0 Å². The first kappa shape index (κ1) is 18.9. The van der Waals surface area contributed by atoms with Gasteiger partial charge in [-0.15, -0.1) is 0 Å². The summed E-state index contributed by atoms with van der Waals surface area (Å²) in [7, 11) is 4.07. The summed E-state index contributed by atoms with van der Waals surface area (Å²) in [6.07, 6.45) is 2.85. The molecule has 0 saturated carbocycles. The van der Waals surface area contributed by atoms with Crippen molar-refractivity contribution in [2.24, 2.45) is 0 Å². The zero-order chi connectivity index (χ0) is 17.7. The van der Waals surface area contributed by atoms with Gasteiger partial charge in [-0.3, -0.25) is 9.69 Å². The van der Waals surface area contributed by atoms with Crippen LogP contribution in [0.25, 0.3) is 0 Å². The molecule has 0 spiro atoms. The van der Waals surface area contributed by atoms with Gasteiger partial charge in [0.2, 0.25) is 5.91 Å². The van der Waals surface area contributed by atoms with Crippen LogP contribution in [0.4, 0.5) is 5.82 Å². The summed E-state index contributed by atoms with van der Waals surface area (Å²) >= 11 is 0. The van der Waals surface area contributed by atoms with Crippen LogP contribution in [0.5, 0.6) is 0 Å². The van der Waals surface area contributed by atoms with E-state index >= 15 is 0 Å². The van der Waals surface area contributed by atoms with Crippen molar-refractivity contribution in [1.82, 2.24) is 19.6 Å². The molecule has 1 fully saturated rings. The van der Waals surface area contributed by atoms with Gasteiger partial charge in [-0.25, -0.2) is 4.68 Å². The number of carbonyl (C=O) groups excluding carboxylic acids is 1. The van der Waals surface area contributed by atoms with Crippen LogP contribution in [0.15, 0.2) is 12.3 Å². The molecular formula is C17H31N5O2. The van der Waals surface area contributed by atoms with Crippen molar-refractivity contribution in [3.63, 3.8) is 0 Å². The van der Waals surface area contributed by atoms with Gasteiger partial charge < -0.3 is 15.0 Å². The van der Waals surface area contributed by atoms with E-state index in [2.05, 4.69) is 34.1 Å². The number of anilines is 1. The largest absolute Gasteiger partial charge is 0.374 e. The summed E-state index contributed by atoms with van der Waals surface area (Å²) in [6.45, 7) is 9.25. The van der Waals surface area contributed by atoms with Crippen LogP contribution in [0.2, 0.25) is 0 Å². The number of ether oxygens (including phenoxy) is 1. The molecule has 1 amide bonds. The Labute approximate surface area is 144 Å². The van der Waals surface area contributed by atoms with Crippen LogP contribution in [0, 0.1) is 0 Å². The topological polar surface area (TPSA) is 62.6 Å². The van der Waals surface area contributed by atoms with Gasteiger partial charge in [-0.05, 0) is 34.4 Å². The van der Waals surface area contributed by atoms with Gasteiger partial charge in [0.25, 0.3) is 0 Å². The molecule has 1 aliphatic rings. The Hall–Kier alpha value is -1.44. The highest BCUT2D eigenvalue weighted by Gasteiger charge is 2.28. The van der Waals surface area contributed by atoms with Crippen molar-refractivity contribution in [2.75, 3.05) is 45.7 Å². The molecule has 1 aromatic heterocycles. The fraction of sp³-hybridized carbons (Fsp3) is 0.765. The van der Waals surface area contributed by atoms with Crippen molar-refractivity contribution in [3.05, 3.63) is 12.3 Å². The predicted molar refractivity (Wildman–Crippen MR) is 95.2 cm³/mol. The van der Waals surface area contributed by atoms with Crippen molar-refractivity contribution in [1.29, 1.82) is 0 Å². The second-order valence-corrected chi connectivity index (χ2v) is 6.83. The molecule has 1 aliphatic heterocycles. The first-order valence-corrected chi connectivity index (χ1v) is 8.77. The van der Waals surface area contributed by atoms with Gasteiger partial charge in [0.05, 0.1) is 31.0 Å². The minimum Gasteiger partial charge on any atom is -0.374 e. The fourth-order valence-electron chi connectivity index (χ4n) is 2.95. The van der Waals surface area contributed by atoms with E-state index in [-0.39, 0.29) is 24.1 Å². The number of aromatic nitrogens is 2. The summed E-state index contributed by atoms with van der Waals surface area (Å²) < 4.78 is 7.66. The molecule has 2 rings (SSSR count). The maximum atomic E-state index is 12.7. The number of amides is 1. The predicted octanol–water partition coefficient (Wildman–Crippen LogP) is 1.44. The maximum absolute atomic E-state index is 12.7. The van der Waals surface area contributed by atoms with Crippen LogP contribution in [0.1, 0.15) is 33.2 Å². The Morgan fingerprint density at radius 3 is 2.92 bits per heavy atom. The Morgan fingerprint density at radius 2 is 2.25 bits per heavy atom. The van der Waals surface area contributed by atoms with E-state index in [0.29, 0.717) is 6.61 Å². The molecule has 1 aromatic rings. The average molecular weight is 337 g/mol. The summed E-state index contributed by atoms with van der Waals surface area (Å²) in [5.74, 6) is 0.768. The molecule has 7 nitrogen and oxygen atoms in total. The SMILES string of the molecule is CC[C@H](C)n1nccc1NC(=O)[C@H](C)N1CCO[C@@H](CN(C)C)C1. The van der Waals surface area contributed by atoms with E-state index < -0.39 is 0 Å². The smallest absolute Gasteiger partial charge is 0.242 e. The van der Waals surface area contributed by atoms with Crippen LogP contribution < -0.4 is 5.32 Å². The zero-order valence-electron chi connectivity index (χ0n) is 15.5. The maximum Gasteiger partial charge on any atom is 0.242 e. The van der Waals surface area contributed by atoms with E-state index in [1.807, 2.05) is 31.8 Å². The van der Waals surface area contributed by atoms with Crippen LogP contribution in [0.3, 0.4) is 0 Å². The second kappa shape index (κ2) is 8.60. The molecule has 3 atom stereocenters. The van der Waals surface area contributed by atoms with Gasteiger partial charge in [-0.1, -0.05) is 6.92 Å². The molecule has 1 N–H and O–H groups in total. The first-order valence-electron chi connectivity index (χ1n) is 8.77. The van der Waals surface area contributed by atoms with Crippen LogP contribution >= 0.6 is 0 Å². The minimum absolute atomic E-state index is 0.00514. The number of nitrogens with zero attached hydrogens (tertiary/aromatic N) is 4. The molecule has 7 heteroatoms. The third kappa shape index (κ3) is 4.78. The van der Waals surface area contributed by atoms with E-state index in [0.717, 1.165) is 31.9 Å². The molecule has 0 bridgehead atoms. The lowest BCUT2D eigenvalue weighted by Crippen LogP contribution is -2.52. The molecule has 0 radical (unpaired) electrons. The minimum atomic E-state index is -0.196. The number of rotatable bonds is 7. The summed E-state index contributed by atoms with van der Waals surface area (Å²) in [5.41, 5.74) is 0. The zero-order valence-corrected chi connectivity index (χ0v) is 15.5. The van der Waals surface area contributed by atoms with Gasteiger partial charge in [0.1, 0.15) is 5.82 Å². The van der Waals surface area contributed by atoms with Crippen LogP contribution in [-0.2, 0) is 9.53 Å². The quantitative estimate of drug-likeness (QED) is 0.816. The lowest BCUT2D eigenvalue weighted by Gasteiger charge is -2.37. The number of morpholine rings is 1. The number of hydrogen-bond donors (Lipinski definition) is 1. The molecule has 1 saturated heterocycles. The molecule has 0 aliphatic carbocycles. The van der Waals surface area contributed by atoms with E-state index in [1.165, 1.54) is 0 Å². The van der Waals surface area contributed by atoms with Gasteiger partial charge in [-0.2, -0.15) is 5.10 Å².